The third kappa shape index (κ3) is 3.05. The highest BCUT2D eigenvalue weighted by Crippen LogP contribution is 2.32. The smallest absolute Gasteiger partial charge is 0.280 e. The van der Waals surface area contributed by atoms with E-state index in [0.29, 0.717) is 47.1 Å². The molecule has 1 aromatic carbocycles. The van der Waals surface area contributed by atoms with Crippen molar-refractivity contribution in [3.05, 3.63) is 65.8 Å². The maximum absolute atomic E-state index is 14.5. The van der Waals surface area contributed by atoms with Crippen LogP contribution in [0.5, 0.6) is 5.75 Å². The van der Waals surface area contributed by atoms with Crippen LogP contribution < -0.4 is 10.1 Å². The summed E-state index contributed by atoms with van der Waals surface area (Å²) in [5.41, 5.74) is 2.84. The fourth-order valence-corrected chi connectivity index (χ4v) is 4.12. The lowest BCUT2D eigenvalue weighted by atomic mass is 10.0. The van der Waals surface area contributed by atoms with Crippen molar-refractivity contribution in [3.8, 4) is 16.9 Å². The molecule has 0 saturated heterocycles. The fourth-order valence-electron chi connectivity index (χ4n) is 4.12. The molecule has 0 atom stereocenters. The normalized spacial score (nSPS) is 13.1. The molecule has 0 aliphatic carbocycles. The molecule has 0 saturated carbocycles. The van der Waals surface area contributed by atoms with Crippen LogP contribution in [0.3, 0.4) is 0 Å². The minimum Gasteiger partial charge on any atom is -0.493 e. The van der Waals surface area contributed by atoms with E-state index in [1.807, 2.05) is 0 Å². The summed E-state index contributed by atoms with van der Waals surface area (Å²) in [4.78, 5) is 8.59. The standard InChI is InChI=1S/C21H15F3N8O/c22-15-2-4-17-11(5-6-33-17)13(15)7-25-21-26-8-14(20-30-28-10-31(20)21)12-1-3-16(18(23)24)32-19(12)27-9-29-32/h1-4,8-10,18H,5-7H2,(H,25,26). The van der Waals surface area contributed by atoms with Crippen molar-refractivity contribution in [3.63, 3.8) is 0 Å². The summed E-state index contributed by atoms with van der Waals surface area (Å²) in [5, 5.41) is 15.2. The first-order valence-corrected chi connectivity index (χ1v) is 10.1. The Hall–Kier alpha value is -4.22. The van der Waals surface area contributed by atoms with Crippen molar-refractivity contribution in [1.82, 2.24) is 34.2 Å². The van der Waals surface area contributed by atoms with Gasteiger partial charge >= 0.3 is 0 Å². The van der Waals surface area contributed by atoms with Gasteiger partial charge in [-0.2, -0.15) is 5.10 Å². The molecular weight excluding hydrogens is 437 g/mol. The Kier molecular flexibility index (Phi) is 4.38. The van der Waals surface area contributed by atoms with Crippen LogP contribution in [0.25, 0.3) is 22.4 Å². The van der Waals surface area contributed by atoms with Crippen LogP contribution in [0.4, 0.5) is 19.1 Å². The van der Waals surface area contributed by atoms with Gasteiger partial charge in [0, 0.05) is 41.4 Å². The lowest BCUT2D eigenvalue weighted by Gasteiger charge is -2.13. The molecule has 5 aromatic rings. The number of alkyl halides is 2. The Morgan fingerprint density at radius 2 is 2.00 bits per heavy atom. The van der Waals surface area contributed by atoms with Crippen molar-refractivity contribution >= 4 is 17.2 Å². The largest absolute Gasteiger partial charge is 0.493 e. The summed E-state index contributed by atoms with van der Waals surface area (Å²) in [5.74, 6) is 0.767. The summed E-state index contributed by atoms with van der Waals surface area (Å²) in [6.45, 7) is 0.714. The van der Waals surface area contributed by atoms with Gasteiger partial charge in [-0.3, -0.25) is 4.40 Å². The van der Waals surface area contributed by atoms with Crippen LogP contribution >= 0.6 is 0 Å². The molecule has 1 N–H and O–H groups in total. The van der Waals surface area contributed by atoms with E-state index < -0.39 is 6.43 Å². The molecule has 0 unspecified atom stereocenters. The van der Waals surface area contributed by atoms with Crippen molar-refractivity contribution in [1.29, 1.82) is 0 Å². The first-order valence-electron chi connectivity index (χ1n) is 10.1. The average Bonchev–Trinajstić information content (AvgIpc) is 3.57. The minimum atomic E-state index is -2.70. The molecule has 6 rings (SSSR count). The highest BCUT2D eigenvalue weighted by atomic mass is 19.3. The SMILES string of the molecule is Fc1ccc2c(c1CNc1ncc(-c3ccc(C(F)F)n4ncnc34)c3nncn13)CCO2. The predicted octanol–water partition coefficient (Wildman–Crippen LogP) is 3.46. The molecule has 0 bridgehead atoms. The number of halogens is 3. The number of rotatable bonds is 5. The summed E-state index contributed by atoms with van der Waals surface area (Å²) < 4.78 is 49.4. The van der Waals surface area contributed by atoms with Gasteiger partial charge in [0.2, 0.25) is 5.95 Å². The molecular formula is C21H15F3N8O. The number of nitrogens with zero attached hydrogens (tertiary/aromatic N) is 7. The van der Waals surface area contributed by atoms with E-state index in [1.54, 1.807) is 16.7 Å². The molecule has 0 amide bonds. The van der Waals surface area contributed by atoms with Crippen molar-refractivity contribution in [2.75, 3.05) is 11.9 Å². The number of nitrogens with one attached hydrogen (secondary N) is 1. The second-order valence-corrected chi connectivity index (χ2v) is 7.44. The molecule has 166 valence electrons. The lowest BCUT2D eigenvalue weighted by Crippen LogP contribution is -2.10. The second kappa shape index (κ2) is 7.43. The van der Waals surface area contributed by atoms with Gasteiger partial charge in [-0.15, -0.1) is 10.2 Å². The number of hydrogen-bond acceptors (Lipinski definition) is 7. The van der Waals surface area contributed by atoms with Gasteiger partial charge in [-0.25, -0.2) is 27.7 Å². The monoisotopic (exact) mass is 452 g/mol. The average molecular weight is 452 g/mol. The lowest BCUT2D eigenvalue weighted by molar-refractivity contribution is 0.143. The maximum atomic E-state index is 14.5. The Bertz CT molecular complexity index is 1510. The summed E-state index contributed by atoms with van der Waals surface area (Å²) in [7, 11) is 0. The first kappa shape index (κ1) is 19.5. The van der Waals surface area contributed by atoms with E-state index in [0.717, 1.165) is 10.1 Å². The molecule has 12 heteroatoms. The third-order valence-corrected chi connectivity index (χ3v) is 5.66. The number of hydrogen-bond donors (Lipinski definition) is 1. The van der Waals surface area contributed by atoms with Gasteiger partial charge in [0.15, 0.2) is 11.3 Å². The Morgan fingerprint density at radius 3 is 2.88 bits per heavy atom. The summed E-state index contributed by atoms with van der Waals surface area (Å²) in [6, 6.07) is 5.85. The van der Waals surface area contributed by atoms with Crippen LogP contribution in [0.2, 0.25) is 0 Å². The Balaban J connectivity index is 1.39. The maximum Gasteiger partial charge on any atom is 0.280 e. The topological polar surface area (TPSA) is 94.5 Å². The Morgan fingerprint density at radius 1 is 1.09 bits per heavy atom. The number of benzene rings is 1. The first-order chi connectivity index (χ1) is 16.1. The summed E-state index contributed by atoms with van der Waals surface area (Å²) in [6.07, 6.45) is 2.17. The van der Waals surface area contributed by atoms with Gasteiger partial charge < -0.3 is 10.1 Å². The summed E-state index contributed by atoms with van der Waals surface area (Å²) >= 11 is 0. The zero-order valence-electron chi connectivity index (χ0n) is 16.9. The van der Waals surface area contributed by atoms with Crippen molar-refractivity contribution in [2.24, 2.45) is 0 Å². The fraction of sp³-hybridized carbons (Fsp3) is 0.190. The van der Waals surface area contributed by atoms with Crippen molar-refractivity contribution in [2.45, 2.75) is 19.4 Å². The molecule has 33 heavy (non-hydrogen) atoms. The molecule has 0 spiro atoms. The number of fused-ring (bicyclic) bond motifs is 3. The van der Waals surface area contributed by atoms with Gasteiger partial charge in [-0.05, 0) is 24.3 Å². The molecule has 1 aliphatic heterocycles. The van der Waals surface area contributed by atoms with Gasteiger partial charge in [-0.1, -0.05) is 0 Å². The van der Waals surface area contributed by atoms with Crippen LogP contribution in [0, 0.1) is 5.82 Å². The zero-order chi connectivity index (χ0) is 22.5. The molecule has 0 radical (unpaired) electrons. The number of pyridine rings is 1. The minimum absolute atomic E-state index is 0.190. The second-order valence-electron chi connectivity index (χ2n) is 7.44. The van der Waals surface area contributed by atoms with E-state index in [-0.39, 0.29) is 23.7 Å². The predicted molar refractivity (Wildman–Crippen MR) is 111 cm³/mol. The highest BCUT2D eigenvalue weighted by molar-refractivity contribution is 5.86. The molecule has 5 heterocycles. The van der Waals surface area contributed by atoms with E-state index in [2.05, 4.69) is 30.6 Å². The third-order valence-electron chi connectivity index (χ3n) is 5.66. The van der Waals surface area contributed by atoms with Gasteiger partial charge in [0.25, 0.3) is 6.43 Å². The molecule has 4 aromatic heterocycles. The zero-order valence-corrected chi connectivity index (χ0v) is 16.9. The van der Waals surface area contributed by atoms with Gasteiger partial charge in [0.05, 0.1) is 6.61 Å². The number of aromatic nitrogens is 7. The number of anilines is 1. The van der Waals surface area contributed by atoms with Crippen LogP contribution in [-0.2, 0) is 13.0 Å². The number of ether oxygens (including phenoxy) is 1. The van der Waals surface area contributed by atoms with E-state index in [1.165, 1.54) is 30.9 Å². The van der Waals surface area contributed by atoms with Gasteiger partial charge in [0.1, 0.15) is 29.9 Å². The molecule has 1 aliphatic rings. The quantitative estimate of drug-likeness (QED) is 0.436. The highest BCUT2D eigenvalue weighted by Gasteiger charge is 2.21. The van der Waals surface area contributed by atoms with E-state index in [9.17, 15) is 13.2 Å². The van der Waals surface area contributed by atoms with E-state index >= 15 is 0 Å². The molecule has 9 nitrogen and oxygen atoms in total. The molecule has 0 fully saturated rings. The van der Waals surface area contributed by atoms with Crippen LogP contribution in [0.15, 0.2) is 43.1 Å². The Labute approximate surface area is 183 Å². The van der Waals surface area contributed by atoms with E-state index in [4.69, 9.17) is 4.74 Å². The van der Waals surface area contributed by atoms with Crippen molar-refractivity contribution < 1.29 is 17.9 Å². The van der Waals surface area contributed by atoms with Crippen LogP contribution in [0.1, 0.15) is 23.2 Å². The van der Waals surface area contributed by atoms with Crippen LogP contribution in [-0.4, -0.2) is 40.8 Å².